The van der Waals surface area contributed by atoms with E-state index in [1.165, 1.54) is 31.9 Å². The second kappa shape index (κ2) is 45.1. The highest BCUT2D eigenvalue weighted by Crippen LogP contribution is 2.26. The van der Waals surface area contributed by atoms with Gasteiger partial charge in [0.05, 0.1) is 97.3 Å². The molecule has 3 aromatic heterocycles. The SMILES string of the molecule is COc1ccc(Cn2c(NCCN3CCN=C3N)nc(=O)n(Cc3ccc(Cl)c(Cl)c3)c2=O)cc1.COc1ccc(Cn2c(NCCNCCN)nc(=O)n(Cc3ccc(Cl)c(Cl)c3)c2=O)cc1.COc1ccc(Cn2c(SC)nc(=O)n(Cc3ccc(Cl)c(Cl)c3)c2=O)cc1.N#CBr.NCCCCCN. The van der Waals surface area contributed by atoms with Crippen molar-refractivity contribution in [3.63, 3.8) is 0 Å². The number of aliphatic imine (C=N–C) groups is 1. The first-order chi connectivity index (χ1) is 51.0. The summed E-state index contributed by atoms with van der Waals surface area (Å²) in [7, 11) is 4.76. The number of aromatic nitrogens is 9. The van der Waals surface area contributed by atoms with Gasteiger partial charge in [-0.3, -0.25) is 18.7 Å². The highest BCUT2D eigenvalue weighted by Gasteiger charge is 2.20. The maximum absolute atomic E-state index is 13.5. The highest BCUT2D eigenvalue weighted by atomic mass is 79.9. The lowest BCUT2D eigenvalue weighted by molar-refractivity contribution is 0.414. The van der Waals surface area contributed by atoms with Crippen LogP contribution in [-0.4, -0.2) is 146 Å². The number of unbranched alkanes of at least 4 members (excludes halogenated alkanes) is 2. The summed E-state index contributed by atoms with van der Waals surface area (Å²) in [4.78, 5) is 97.9. The number of benzene rings is 6. The van der Waals surface area contributed by atoms with E-state index in [-0.39, 0.29) is 51.2 Å². The zero-order chi connectivity index (χ0) is 77.2. The number of thioether (sulfide) groups is 1. The van der Waals surface area contributed by atoms with E-state index in [1.54, 1.807) is 87.2 Å². The molecule has 0 spiro atoms. The van der Waals surface area contributed by atoms with Crippen molar-refractivity contribution in [1.82, 2.24) is 52.6 Å². The van der Waals surface area contributed by atoms with Gasteiger partial charge in [-0.15, -0.1) is 0 Å². The number of methoxy groups -OCH3 is 3. The molecule has 28 nitrogen and oxygen atoms in total. The summed E-state index contributed by atoms with van der Waals surface area (Å²) in [5.41, 5.74) is 23.0. The van der Waals surface area contributed by atoms with Gasteiger partial charge in [0.1, 0.15) is 22.2 Å². The second-order valence-corrected chi connectivity index (χ2v) is 26.4. The van der Waals surface area contributed by atoms with Crippen LogP contribution >= 0.6 is 97.3 Å². The summed E-state index contributed by atoms with van der Waals surface area (Å²) in [6, 6.07) is 36.9. The molecule has 1 aliphatic rings. The maximum Gasteiger partial charge on any atom is 0.355 e. The Bertz CT molecular complexity index is 4790. The van der Waals surface area contributed by atoms with Crippen LogP contribution in [0.25, 0.3) is 0 Å². The molecule has 0 unspecified atom stereocenters. The first-order valence-corrected chi connectivity index (χ1v) is 37.1. The number of nitrogens with one attached hydrogen (secondary N) is 3. The van der Waals surface area contributed by atoms with E-state index in [1.807, 2.05) is 77.7 Å². The molecule has 0 amide bonds. The number of nitriles is 1. The molecule has 0 atom stereocenters. The molecule has 1 aliphatic heterocycles. The molecule has 106 heavy (non-hydrogen) atoms. The number of anilines is 2. The lowest BCUT2D eigenvalue weighted by Gasteiger charge is -2.19. The van der Waals surface area contributed by atoms with Gasteiger partial charge in [-0.1, -0.05) is 142 Å². The lowest BCUT2D eigenvalue weighted by Crippen LogP contribution is -2.44. The molecule has 36 heteroatoms. The first-order valence-electron chi connectivity index (χ1n) is 32.8. The van der Waals surface area contributed by atoms with E-state index in [2.05, 4.69) is 51.8 Å². The minimum atomic E-state index is -0.670. The third kappa shape index (κ3) is 26.4. The molecule has 0 bridgehead atoms. The zero-order valence-electron chi connectivity index (χ0n) is 58.5. The smallest absolute Gasteiger partial charge is 0.355 e. The van der Waals surface area contributed by atoms with E-state index < -0.39 is 34.1 Å². The average Bonchev–Trinajstić information content (AvgIpc) is 0.886. The summed E-state index contributed by atoms with van der Waals surface area (Å²) in [6.45, 7) is 6.99. The number of ether oxygens (including phenoxy) is 3. The molecular formula is C70H82BrCl6N19O9S. The van der Waals surface area contributed by atoms with E-state index in [0.717, 1.165) is 68.6 Å². The number of hydrogen-bond donors (Lipinski definition) is 7. The molecule has 0 aliphatic carbocycles. The molecule has 9 aromatic rings. The fraction of sp³-hybridized carbons (Fsp3) is 0.329. The normalized spacial score (nSPS) is 11.3. The first kappa shape index (κ1) is 86.2. The summed E-state index contributed by atoms with van der Waals surface area (Å²) < 4.78 is 23.1. The molecule has 0 fully saturated rings. The Morgan fingerprint density at radius 3 is 1.16 bits per heavy atom. The summed E-state index contributed by atoms with van der Waals surface area (Å²) >= 11 is 39.8. The fourth-order valence-electron chi connectivity index (χ4n) is 10.0. The van der Waals surface area contributed by atoms with E-state index in [9.17, 15) is 28.8 Å². The van der Waals surface area contributed by atoms with Crippen molar-refractivity contribution < 1.29 is 14.2 Å². The Kier molecular flexibility index (Phi) is 36.7. The van der Waals surface area contributed by atoms with Crippen molar-refractivity contribution in [3.05, 3.63) is 254 Å². The Hall–Kier alpha value is -8.68. The molecule has 4 heterocycles. The van der Waals surface area contributed by atoms with Crippen molar-refractivity contribution in [3.8, 4) is 22.2 Å². The molecule has 11 N–H and O–H groups in total. The molecule has 6 aromatic carbocycles. The lowest BCUT2D eigenvalue weighted by atomic mass is 10.2. The number of rotatable bonds is 30. The van der Waals surface area contributed by atoms with Crippen LogP contribution in [-0.2, 0) is 39.3 Å². The van der Waals surface area contributed by atoms with Crippen LogP contribution in [0.4, 0.5) is 11.9 Å². The monoisotopic (exact) mass is 1650 g/mol. The number of hydrogen-bond acceptors (Lipinski definition) is 23. The third-order valence-corrected chi connectivity index (χ3v) is 18.4. The van der Waals surface area contributed by atoms with Gasteiger partial charge in [0.15, 0.2) is 11.1 Å². The highest BCUT2D eigenvalue weighted by molar-refractivity contribution is 9.12. The van der Waals surface area contributed by atoms with Gasteiger partial charge in [-0.05, 0) is 138 Å². The predicted octanol–water partition coefficient (Wildman–Crippen LogP) is 8.11. The standard InChI is InChI=1S/C23H25Cl2N7O3.C22H26Cl2N6O3.C19H17Cl2N3O3S.C5H14N2.CBrN/c1-35-17-5-2-15(3-6-17)13-31-21(28-9-11-30-10-8-27-20(30)26)29-22(33)32(23(31)34)14-16-4-7-18(24)19(25)12-16;1-33-17-5-2-15(3-6-17)13-29-20(27-11-10-26-9-8-25)28-21(31)30(22(29)32)14-16-4-7-18(23)19(24)12-16;1-27-14-6-3-12(4-7-14)10-24-18(28-2)22-17(25)23(19(24)26)11-13-5-8-15(20)16(21)9-13;6-4-2-1-3-5-7;2-1-3/h2-7,12H,8-11,13-14H2,1H3,(H2,26,27)(H,28,29,33);2-7,12,26H,8-11,13-14,25H2,1H3,(H,27,28,31);3-9H,10-11H2,1-2H3;1-7H2;. The van der Waals surface area contributed by atoms with Gasteiger partial charge in [0, 0.05) is 61.7 Å². The average molecular weight is 1660 g/mol. The van der Waals surface area contributed by atoms with Crippen LogP contribution in [0, 0.1) is 10.2 Å². The predicted molar refractivity (Wildman–Crippen MR) is 426 cm³/mol. The number of halogens is 7. The van der Waals surface area contributed by atoms with Gasteiger partial charge in [-0.2, -0.15) is 20.2 Å². The molecule has 0 saturated heterocycles. The van der Waals surface area contributed by atoms with Crippen molar-refractivity contribution in [2.24, 2.45) is 27.9 Å². The zero-order valence-corrected chi connectivity index (χ0v) is 65.4. The van der Waals surface area contributed by atoms with Crippen LogP contribution in [0.15, 0.2) is 166 Å². The number of nitrogens with zero attached hydrogens (tertiary/aromatic N) is 12. The van der Waals surface area contributed by atoms with Crippen LogP contribution < -0.4 is 87.2 Å². The minimum absolute atomic E-state index is 0.00518. The second-order valence-electron chi connectivity index (χ2n) is 22.8. The van der Waals surface area contributed by atoms with Crippen LogP contribution in [0.5, 0.6) is 17.2 Å². The molecule has 0 radical (unpaired) electrons. The van der Waals surface area contributed by atoms with Gasteiger partial charge < -0.3 is 58.0 Å². The van der Waals surface area contributed by atoms with Crippen molar-refractivity contribution >= 4 is 115 Å². The molecular weight excluding hydrogens is 1580 g/mol. The van der Waals surface area contributed by atoms with Gasteiger partial charge in [0.2, 0.25) is 11.9 Å². The summed E-state index contributed by atoms with van der Waals surface area (Å²) in [5, 5.41) is 19.2. The fourth-order valence-corrected chi connectivity index (χ4v) is 11.5. The third-order valence-electron chi connectivity index (χ3n) is 15.5. The van der Waals surface area contributed by atoms with E-state index >= 15 is 0 Å². The largest absolute Gasteiger partial charge is 0.497 e. The quantitative estimate of drug-likeness (QED) is 0.0165. The number of nitrogens with two attached hydrogens (primary N) is 4. The van der Waals surface area contributed by atoms with Crippen molar-refractivity contribution in [1.29, 1.82) is 5.26 Å². The summed E-state index contributed by atoms with van der Waals surface area (Å²) in [5.74, 6) is 2.98. The number of guanidine groups is 1. The van der Waals surface area contributed by atoms with Gasteiger partial charge >= 0.3 is 34.1 Å². The van der Waals surface area contributed by atoms with Gasteiger partial charge in [0.25, 0.3) is 0 Å². The Balaban J connectivity index is 0.000000235. The molecule has 566 valence electrons. The molecule has 0 saturated carbocycles. The Morgan fingerprint density at radius 2 is 0.821 bits per heavy atom. The Morgan fingerprint density at radius 1 is 0.472 bits per heavy atom. The van der Waals surface area contributed by atoms with Crippen LogP contribution in [0.3, 0.4) is 0 Å². The topological polar surface area (TPSA) is 378 Å². The van der Waals surface area contributed by atoms with Crippen molar-refractivity contribution in [2.45, 2.75) is 63.7 Å². The van der Waals surface area contributed by atoms with Crippen molar-refractivity contribution in [2.75, 3.05) is 104 Å². The minimum Gasteiger partial charge on any atom is -0.497 e. The van der Waals surface area contributed by atoms with Crippen LogP contribution in [0.2, 0.25) is 30.1 Å². The Labute approximate surface area is 653 Å². The van der Waals surface area contributed by atoms with Gasteiger partial charge in [-0.25, -0.2) is 42.5 Å². The van der Waals surface area contributed by atoms with E-state index in [4.69, 9.17) is 112 Å². The summed E-state index contributed by atoms with van der Waals surface area (Å²) in [6.07, 6.45) is 5.20. The van der Waals surface area contributed by atoms with Crippen LogP contribution in [0.1, 0.15) is 52.6 Å². The maximum atomic E-state index is 13.5. The van der Waals surface area contributed by atoms with E-state index in [0.29, 0.717) is 115 Å². The molecule has 10 rings (SSSR count).